The Morgan fingerprint density at radius 2 is 1.65 bits per heavy atom. The lowest BCUT2D eigenvalue weighted by atomic mass is 10.1. The third-order valence-electron chi connectivity index (χ3n) is 5.79. The van der Waals surface area contributed by atoms with Crippen LogP contribution in [0.15, 0.2) is 70.9 Å². The molecular formula is C26H26N2O4S2. The Bertz CT molecular complexity index is 1320. The molecular weight excluding hydrogens is 468 g/mol. The Morgan fingerprint density at radius 1 is 0.941 bits per heavy atom. The highest BCUT2D eigenvalue weighted by molar-refractivity contribution is 7.89. The van der Waals surface area contributed by atoms with Gasteiger partial charge in [0.1, 0.15) is 0 Å². The van der Waals surface area contributed by atoms with Gasteiger partial charge in [0.05, 0.1) is 10.5 Å². The molecule has 1 amide bonds. The largest absolute Gasteiger partial charge is 0.336 e. The fourth-order valence-corrected chi connectivity index (χ4v) is 6.07. The average molecular weight is 495 g/mol. The van der Waals surface area contributed by atoms with Crippen LogP contribution in [0.2, 0.25) is 0 Å². The summed E-state index contributed by atoms with van der Waals surface area (Å²) in [6.45, 7) is 4.49. The molecule has 2 heterocycles. The highest BCUT2D eigenvalue weighted by Gasteiger charge is 2.31. The maximum absolute atomic E-state index is 13.5. The van der Waals surface area contributed by atoms with Gasteiger partial charge in [0.15, 0.2) is 5.78 Å². The first-order valence-electron chi connectivity index (χ1n) is 11.0. The van der Waals surface area contributed by atoms with E-state index in [-0.39, 0.29) is 29.7 Å². The molecule has 1 saturated heterocycles. The van der Waals surface area contributed by atoms with Gasteiger partial charge in [-0.3, -0.25) is 9.59 Å². The molecule has 0 radical (unpaired) electrons. The zero-order valence-corrected chi connectivity index (χ0v) is 20.7. The van der Waals surface area contributed by atoms with Crippen LogP contribution < -0.4 is 0 Å². The summed E-state index contributed by atoms with van der Waals surface area (Å²) in [5, 5.41) is 1.94. The van der Waals surface area contributed by atoms with E-state index in [2.05, 4.69) is 0 Å². The summed E-state index contributed by atoms with van der Waals surface area (Å²) in [4.78, 5) is 27.7. The number of hydrogen-bond donors (Lipinski definition) is 0. The smallest absolute Gasteiger partial charge is 0.255 e. The van der Waals surface area contributed by atoms with Crippen LogP contribution in [0.3, 0.4) is 0 Å². The Balaban J connectivity index is 1.51. The van der Waals surface area contributed by atoms with Gasteiger partial charge in [0.25, 0.3) is 5.91 Å². The summed E-state index contributed by atoms with van der Waals surface area (Å²) in [5.41, 5.74) is 3.14. The molecule has 0 spiro atoms. The first-order valence-corrected chi connectivity index (χ1v) is 13.3. The van der Waals surface area contributed by atoms with Crippen LogP contribution in [0, 0.1) is 6.92 Å². The molecule has 0 bridgehead atoms. The third kappa shape index (κ3) is 5.19. The monoisotopic (exact) mass is 494 g/mol. The lowest BCUT2D eigenvalue weighted by molar-refractivity contribution is -0.126. The zero-order chi connectivity index (χ0) is 24.3. The standard InChI is InChI=1S/C26H26N2O4S2/c1-19-5-3-6-21(17-19)18-24(25-7-4-16-33-25)26(30)27-12-14-28(15-13-27)34(31,32)23-10-8-22(9-11-23)20(2)29/h3-11,16-18H,12-15H2,1-2H3/b24-18-. The van der Waals surface area contributed by atoms with Gasteiger partial charge in [-0.2, -0.15) is 4.31 Å². The minimum absolute atomic E-state index is 0.105. The van der Waals surface area contributed by atoms with Crippen molar-refractivity contribution in [1.29, 1.82) is 0 Å². The van der Waals surface area contributed by atoms with Crippen LogP contribution in [0.1, 0.15) is 33.3 Å². The quantitative estimate of drug-likeness (QED) is 0.378. The van der Waals surface area contributed by atoms with Crippen molar-refractivity contribution in [3.8, 4) is 0 Å². The minimum atomic E-state index is -3.70. The van der Waals surface area contributed by atoms with Crippen LogP contribution in [0.25, 0.3) is 11.6 Å². The van der Waals surface area contributed by atoms with Crippen LogP contribution >= 0.6 is 11.3 Å². The van der Waals surface area contributed by atoms with Crippen LogP contribution in [0.4, 0.5) is 0 Å². The van der Waals surface area contributed by atoms with E-state index in [0.29, 0.717) is 24.2 Å². The van der Waals surface area contributed by atoms with Gasteiger partial charge in [0, 0.05) is 36.6 Å². The molecule has 0 saturated carbocycles. The summed E-state index contributed by atoms with van der Waals surface area (Å²) in [6, 6.07) is 17.8. The molecule has 1 fully saturated rings. The summed E-state index contributed by atoms with van der Waals surface area (Å²) < 4.78 is 27.5. The number of ketones is 1. The van der Waals surface area contributed by atoms with E-state index in [9.17, 15) is 18.0 Å². The van der Waals surface area contributed by atoms with Gasteiger partial charge in [-0.15, -0.1) is 11.3 Å². The number of Topliss-reactive ketones (excluding diaryl/α,β-unsaturated/α-hetero) is 1. The normalized spacial score (nSPS) is 15.4. The number of thiophene rings is 1. The maximum atomic E-state index is 13.5. The molecule has 0 atom stereocenters. The van der Waals surface area contributed by atoms with Gasteiger partial charge in [-0.1, -0.05) is 48.0 Å². The number of piperazine rings is 1. The zero-order valence-electron chi connectivity index (χ0n) is 19.1. The lowest BCUT2D eigenvalue weighted by Gasteiger charge is -2.34. The highest BCUT2D eigenvalue weighted by atomic mass is 32.2. The molecule has 1 aliphatic heterocycles. The Hall–Kier alpha value is -3.07. The molecule has 176 valence electrons. The van der Waals surface area contributed by atoms with Gasteiger partial charge in [-0.25, -0.2) is 8.42 Å². The maximum Gasteiger partial charge on any atom is 0.255 e. The van der Waals surface area contributed by atoms with Crippen LogP contribution in [-0.2, 0) is 14.8 Å². The number of hydrogen-bond acceptors (Lipinski definition) is 5. The molecule has 2 aromatic carbocycles. The predicted octanol–water partition coefficient (Wildman–Crippen LogP) is 4.33. The van der Waals surface area contributed by atoms with E-state index in [1.807, 2.05) is 54.8 Å². The molecule has 0 aliphatic carbocycles. The van der Waals surface area contributed by atoms with E-state index in [0.717, 1.165) is 16.0 Å². The molecule has 8 heteroatoms. The van der Waals surface area contributed by atoms with Gasteiger partial charge >= 0.3 is 0 Å². The number of benzene rings is 2. The molecule has 0 unspecified atom stereocenters. The van der Waals surface area contributed by atoms with E-state index >= 15 is 0 Å². The van der Waals surface area contributed by atoms with Crippen molar-refractivity contribution in [2.45, 2.75) is 18.7 Å². The number of carbonyl (C=O) groups excluding carboxylic acids is 2. The first kappa shape index (κ1) is 24.1. The molecule has 1 aliphatic rings. The number of rotatable bonds is 6. The molecule has 4 rings (SSSR count). The van der Waals surface area contributed by atoms with Crippen LogP contribution in [-0.4, -0.2) is 55.5 Å². The van der Waals surface area contributed by atoms with Crippen molar-refractivity contribution in [3.05, 3.63) is 87.6 Å². The fourth-order valence-electron chi connectivity index (χ4n) is 3.91. The Morgan fingerprint density at radius 3 is 2.24 bits per heavy atom. The molecule has 3 aromatic rings. The minimum Gasteiger partial charge on any atom is -0.336 e. The lowest BCUT2D eigenvalue weighted by Crippen LogP contribution is -2.50. The summed E-state index contributed by atoms with van der Waals surface area (Å²) in [7, 11) is -3.70. The molecule has 0 N–H and O–H groups in total. The van der Waals surface area contributed by atoms with Crippen molar-refractivity contribution < 1.29 is 18.0 Å². The number of carbonyl (C=O) groups is 2. The topological polar surface area (TPSA) is 74.8 Å². The van der Waals surface area contributed by atoms with Gasteiger partial charge in [0.2, 0.25) is 10.0 Å². The average Bonchev–Trinajstić information content (AvgIpc) is 3.37. The van der Waals surface area contributed by atoms with Crippen molar-refractivity contribution in [1.82, 2.24) is 9.21 Å². The van der Waals surface area contributed by atoms with Crippen molar-refractivity contribution >= 4 is 44.7 Å². The fraction of sp³-hybridized carbons (Fsp3) is 0.231. The SMILES string of the molecule is CC(=O)c1ccc(S(=O)(=O)N2CCN(C(=O)/C(=C\c3cccc(C)c3)c3cccs3)CC2)cc1. The molecule has 1 aromatic heterocycles. The van der Waals surface area contributed by atoms with E-state index in [1.54, 1.807) is 4.90 Å². The second-order valence-electron chi connectivity index (χ2n) is 8.23. The summed E-state index contributed by atoms with van der Waals surface area (Å²) in [6.07, 6.45) is 1.90. The number of sulfonamides is 1. The third-order valence-corrected chi connectivity index (χ3v) is 8.61. The van der Waals surface area contributed by atoms with Crippen molar-refractivity contribution in [2.75, 3.05) is 26.2 Å². The highest BCUT2D eigenvalue weighted by Crippen LogP contribution is 2.27. The van der Waals surface area contributed by atoms with Gasteiger partial charge in [-0.05, 0) is 49.1 Å². The number of aryl methyl sites for hydroxylation is 1. The molecule has 34 heavy (non-hydrogen) atoms. The van der Waals surface area contributed by atoms with E-state index < -0.39 is 10.0 Å². The van der Waals surface area contributed by atoms with E-state index in [4.69, 9.17) is 0 Å². The summed E-state index contributed by atoms with van der Waals surface area (Å²) in [5.74, 6) is -0.219. The predicted molar refractivity (Wildman–Crippen MR) is 135 cm³/mol. The first-order chi connectivity index (χ1) is 16.3. The molecule has 6 nitrogen and oxygen atoms in total. The Labute approximate surface area is 204 Å². The second-order valence-corrected chi connectivity index (χ2v) is 11.1. The van der Waals surface area contributed by atoms with Crippen molar-refractivity contribution in [3.63, 3.8) is 0 Å². The van der Waals surface area contributed by atoms with Gasteiger partial charge < -0.3 is 4.90 Å². The second kappa shape index (κ2) is 10.0. The van der Waals surface area contributed by atoms with Crippen LogP contribution in [0.5, 0.6) is 0 Å². The number of nitrogens with zero attached hydrogens (tertiary/aromatic N) is 2. The van der Waals surface area contributed by atoms with Crippen molar-refractivity contribution in [2.24, 2.45) is 0 Å². The summed E-state index contributed by atoms with van der Waals surface area (Å²) >= 11 is 1.51. The Kier molecular flexibility index (Phi) is 7.11. The number of amides is 1. The van der Waals surface area contributed by atoms with E-state index in [1.165, 1.54) is 46.8 Å².